The van der Waals surface area contributed by atoms with E-state index in [9.17, 15) is 9.59 Å². The van der Waals surface area contributed by atoms with Crippen LogP contribution in [-0.4, -0.2) is 30.7 Å². The molecule has 1 unspecified atom stereocenters. The van der Waals surface area contributed by atoms with Gasteiger partial charge >= 0.3 is 5.97 Å². The van der Waals surface area contributed by atoms with Crippen molar-refractivity contribution in [1.29, 1.82) is 0 Å². The fourth-order valence-electron chi connectivity index (χ4n) is 4.72. The molecule has 0 aliphatic heterocycles. The molecule has 2 aromatic carbocycles. The predicted molar refractivity (Wildman–Crippen MR) is 164 cm³/mol. The lowest BCUT2D eigenvalue weighted by Gasteiger charge is -2.33. The van der Waals surface area contributed by atoms with E-state index in [0.29, 0.717) is 38.9 Å². The topological polar surface area (TPSA) is 76.7 Å². The number of hydrogen-bond donors (Lipinski definition) is 2. The molecule has 6 nitrogen and oxygen atoms in total. The van der Waals surface area contributed by atoms with Gasteiger partial charge in [0.25, 0.3) is 5.91 Å². The molecule has 0 saturated carbocycles. The van der Waals surface area contributed by atoms with Crippen LogP contribution in [0.3, 0.4) is 0 Å². The number of thiocarbonyl (C=S) groups is 1. The van der Waals surface area contributed by atoms with Gasteiger partial charge in [0.2, 0.25) is 0 Å². The molecule has 0 fully saturated rings. The highest BCUT2D eigenvalue weighted by Gasteiger charge is 2.34. The van der Waals surface area contributed by atoms with Gasteiger partial charge in [0.1, 0.15) is 10.8 Å². The predicted octanol–water partition coefficient (Wildman–Crippen LogP) is 7.20. The Balaban J connectivity index is 1.40. The van der Waals surface area contributed by atoms with Crippen LogP contribution in [-0.2, 0) is 24.0 Å². The Labute approximate surface area is 247 Å². The van der Waals surface area contributed by atoms with E-state index in [-0.39, 0.29) is 16.4 Å². The number of esters is 1. The van der Waals surface area contributed by atoms with Gasteiger partial charge in [-0.05, 0) is 88.1 Å². The number of hydrogen-bond acceptors (Lipinski definition) is 6. The highest BCUT2D eigenvalue weighted by atomic mass is 79.9. The fraction of sp³-hybridized carbons (Fsp3) is 0.367. The summed E-state index contributed by atoms with van der Waals surface area (Å²) in [6.45, 7) is 7.28. The molecule has 39 heavy (non-hydrogen) atoms. The van der Waals surface area contributed by atoms with Crippen molar-refractivity contribution < 1.29 is 19.1 Å². The number of fused-ring (bicyclic) bond motifs is 1. The summed E-state index contributed by atoms with van der Waals surface area (Å²) in [5.74, 6) is 0.420. The van der Waals surface area contributed by atoms with Crippen molar-refractivity contribution in [2.75, 3.05) is 19.0 Å². The Hall–Kier alpha value is -2.75. The molecule has 9 heteroatoms. The maximum Gasteiger partial charge on any atom is 0.341 e. The molecule has 1 aromatic heterocycles. The number of methoxy groups -OCH3 is 1. The van der Waals surface area contributed by atoms with Crippen molar-refractivity contribution in [2.24, 2.45) is 11.3 Å². The summed E-state index contributed by atoms with van der Waals surface area (Å²) >= 11 is 10.5. The lowest BCUT2D eigenvalue weighted by Crippen LogP contribution is -2.34. The van der Waals surface area contributed by atoms with Crippen molar-refractivity contribution in [3.63, 3.8) is 0 Å². The first-order valence-corrected chi connectivity index (χ1v) is 14.9. The van der Waals surface area contributed by atoms with E-state index < -0.39 is 5.97 Å². The second-order valence-corrected chi connectivity index (χ2v) is 13.0. The van der Waals surface area contributed by atoms with Gasteiger partial charge in [-0.3, -0.25) is 10.1 Å². The highest BCUT2D eigenvalue weighted by molar-refractivity contribution is 9.10. The summed E-state index contributed by atoms with van der Waals surface area (Å²) in [4.78, 5) is 26.8. The molecule has 1 aliphatic rings. The maximum atomic E-state index is 12.9. The summed E-state index contributed by atoms with van der Waals surface area (Å²) in [5, 5.41) is 6.54. The molecule has 0 bridgehead atoms. The van der Waals surface area contributed by atoms with Crippen molar-refractivity contribution in [1.82, 2.24) is 5.32 Å². The standard InChI is InChI=1S/C30H33BrN2O4S2/c1-30(2,3)20-11-12-21-24(17-20)39-27(25(21)28(35)36-4)33-29(38)32-26(34)19-10-13-23(22(31)16-19)37-15-14-18-8-6-5-7-9-18/h5-10,13,16,20H,11-12,14-15,17H2,1-4H3,(H2,32,33,34,38). The van der Waals surface area contributed by atoms with E-state index in [1.165, 1.54) is 28.9 Å². The number of thiophene rings is 1. The van der Waals surface area contributed by atoms with Crippen LogP contribution >= 0.6 is 39.5 Å². The van der Waals surface area contributed by atoms with Crippen molar-refractivity contribution in [2.45, 2.75) is 46.5 Å². The number of anilines is 1. The third-order valence-corrected chi connectivity index (χ3v) is 9.01. The molecule has 0 saturated heterocycles. The van der Waals surface area contributed by atoms with Crippen LogP contribution < -0.4 is 15.4 Å². The number of rotatable bonds is 7. The van der Waals surface area contributed by atoms with Crippen LogP contribution in [0.5, 0.6) is 5.75 Å². The van der Waals surface area contributed by atoms with Gasteiger partial charge in [-0.2, -0.15) is 0 Å². The van der Waals surface area contributed by atoms with Gasteiger partial charge in [0.05, 0.1) is 23.8 Å². The van der Waals surface area contributed by atoms with Gasteiger partial charge in [0.15, 0.2) is 5.11 Å². The molecule has 206 valence electrons. The first kappa shape index (κ1) is 29.2. The number of halogens is 1. The monoisotopic (exact) mass is 628 g/mol. The zero-order valence-electron chi connectivity index (χ0n) is 22.6. The molecule has 4 rings (SSSR count). The quantitative estimate of drug-likeness (QED) is 0.213. The lowest BCUT2D eigenvalue weighted by molar-refractivity contribution is 0.0600. The molecule has 1 atom stereocenters. The molecule has 0 spiro atoms. The van der Waals surface area contributed by atoms with E-state index >= 15 is 0 Å². The van der Waals surface area contributed by atoms with Crippen molar-refractivity contribution in [3.8, 4) is 5.75 Å². The van der Waals surface area contributed by atoms with Gasteiger partial charge in [-0.15, -0.1) is 11.3 Å². The Bertz CT molecular complexity index is 1370. The minimum absolute atomic E-state index is 0.121. The third-order valence-electron chi connectivity index (χ3n) is 7.02. The summed E-state index contributed by atoms with van der Waals surface area (Å²) in [7, 11) is 1.38. The highest BCUT2D eigenvalue weighted by Crippen LogP contribution is 2.44. The first-order chi connectivity index (χ1) is 18.6. The average molecular weight is 630 g/mol. The van der Waals surface area contributed by atoms with Crippen LogP contribution in [0.4, 0.5) is 5.00 Å². The Morgan fingerprint density at radius 2 is 1.90 bits per heavy atom. The van der Waals surface area contributed by atoms with E-state index in [1.54, 1.807) is 18.2 Å². The molecule has 3 aromatic rings. The Morgan fingerprint density at radius 3 is 2.56 bits per heavy atom. The van der Waals surface area contributed by atoms with Crippen LogP contribution in [0.15, 0.2) is 53.0 Å². The Kier molecular flexibility index (Phi) is 9.46. The number of benzene rings is 2. The fourth-order valence-corrected chi connectivity index (χ4v) is 6.80. The zero-order valence-corrected chi connectivity index (χ0v) is 25.8. The van der Waals surface area contributed by atoms with E-state index in [4.69, 9.17) is 21.7 Å². The molecule has 1 heterocycles. The second kappa shape index (κ2) is 12.6. The number of carbonyl (C=O) groups excluding carboxylic acids is 2. The number of amides is 1. The minimum atomic E-state index is -0.398. The van der Waals surface area contributed by atoms with Crippen LogP contribution in [0.1, 0.15) is 63.9 Å². The maximum absolute atomic E-state index is 12.9. The largest absolute Gasteiger partial charge is 0.492 e. The smallest absolute Gasteiger partial charge is 0.341 e. The van der Waals surface area contributed by atoms with Crippen LogP contribution in [0, 0.1) is 11.3 Å². The first-order valence-electron chi connectivity index (χ1n) is 12.9. The van der Waals surface area contributed by atoms with Crippen molar-refractivity contribution >= 4 is 61.5 Å². The molecular weight excluding hydrogens is 596 g/mol. The van der Waals surface area contributed by atoms with Crippen LogP contribution in [0.2, 0.25) is 0 Å². The van der Waals surface area contributed by atoms with E-state index in [2.05, 4.69) is 59.5 Å². The summed E-state index contributed by atoms with van der Waals surface area (Å²) < 4.78 is 11.7. The van der Waals surface area contributed by atoms with E-state index in [0.717, 1.165) is 31.2 Å². The lowest BCUT2D eigenvalue weighted by atomic mass is 9.72. The molecule has 1 amide bonds. The number of ether oxygens (including phenoxy) is 2. The minimum Gasteiger partial charge on any atom is -0.492 e. The number of nitrogens with one attached hydrogen (secondary N) is 2. The zero-order chi connectivity index (χ0) is 28.2. The van der Waals surface area contributed by atoms with Crippen molar-refractivity contribution in [3.05, 3.63) is 80.1 Å². The van der Waals surface area contributed by atoms with Crippen LogP contribution in [0.25, 0.3) is 0 Å². The molecule has 0 radical (unpaired) electrons. The third kappa shape index (κ3) is 7.26. The normalized spacial score (nSPS) is 14.7. The van der Waals surface area contributed by atoms with Gasteiger partial charge in [-0.25, -0.2) is 4.79 Å². The summed E-state index contributed by atoms with van der Waals surface area (Å²) in [5.41, 5.74) is 3.34. The molecule has 2 N–H and O–H groups in total. The summed E-state index contributed by atoms with van der Waals surface area (Å²) in [6.07, 6.45) is 3.51. The van der Waals surface area contributed by atoms with Gasteiger partial charge in [-0.1, -0.05) is 51.1 Å². The summed E-state index contributed by atoms with van der Waals surface area (Å²) in [6, 6.07) is 15.3. The van der Waals surface area contributed by atoms with E-state index in [1.807, 2.05) is 18.2 Å². The Morgan fingerprint density at radius 1 is 1.15 bits per heavy atom. The molecule has 1 aliphatic carbocycles. The number of carbonyl (C=O) groups is 2. The van der Waals surface area contributed by atoms with Gasteiger partial charge in [0, 0.05) is 16.9 Å². The average Bonchev–Trinajstić information content (AvgIpc) is 3.26. The van der Waals surface area contributed by atoms with Gasteiger partial charge < -0.3 is 14.8 Å². The second-order valence-electron chi connectivity index (χ2n) is 10.6. The SMILES string of the molecule is COC(=O)c1c(NC(=S)NC(=O)c2ccc(OCCc3ccccc3)c(Br)c2)sc2c1CCC(C(C)(C)C)C2. The molecular formula is C30H33BrN2O4S2.